The number of benzene rings is 3. The van der Waals surface area contributed by atoms with Crippen LogP contribution in [-0.2, 0) is 6.54 Å². The number of anilines is 1. The summed E-state index contributed by atoms with van der Waals surface area (Å²) in [5, 5.41) is 0. The van der Waals surface area contributed by atoms with Crippen molar-refractivity contribution in [1.82, 2.24) is 9.80 Å². The number of para-hydroxylation sites is 1. The number of hydrogen-bond donors (Lipinski definition) is 0. The minimum absolute atomic E-state index is 0.0304. The van der Waals surface area contributed by atoms with Crippen LogP contribution in [0.3, 0.4) is 0 Å². The van der Waals surface area contributed by atoms with E-state index in [4.69, 9.17) is 4.74 Å². The summed E-state index contributed by atoms with van der Waals surface area (Å²) in [5.41, 5.74) is 6.18. The lowest BCUT2D eigenvalue weighted by Crippen LogP contribution is -2.29. The van der Waals surface area contributed by atoms with Crippen LogP contribution in [0.1, 0.15) is 27.9 Å². The van der Waals surface area contributed by atoms with Gasteiger partial charge in [0, 0.05) is 43.0 Å². The van der Waals surface area contributed by atoms with Gasteiger partial charge in [-0.3, -0.25) is 4.79 Å². The Kier molecular flexibility index (Phi) is 8.57. The van der Waals surface area contributed by atoms with E-state index < -0.39 is 0 Å². The fraction of sp³-hybridized carbons (Fsp3) is 0.323. The van der Waals surface area contributed by atoms with Gasteiger partial charge in [-0.2, -0.15) is 0 Å². The van der Waals surface area contributed by atoms with Crippen molar-refractivity contribution in [2.75, 3.05) is 59.3 Å². The highest BCUT2D eigenvalue weighted by atomic mass is 16.5. The SMILES string of the molecule is COc1ccccc1-c1ccc(C=CC(=O)c2ccccc2CN(C)C)c(N2CCCN(C)CC2)c1. The average molecular weight is 484 g/mol. The Hall–Kier alpha value is -3.41. The predicted molar refractivity (Wildman–Crippen MR) is 150 cm³/mol. The number of rotatable bonds is 8. The van der Waals surface area contributed by atoms with Crippen molar-refractivity contribution >= 4 is 17.5 Å². The van der Waals surface area contributed by atoms with Gasteiger partial charge in [0.25, 0.3) is 0 Å². The molecule has 0 aliphatic carbocycles. The molecule has 0 spiro atoms. The maximum atomic E-state index is 13.2. The summed E-state index contributed by atoms with van der Waals surface area (Å²) in [5.74, 6) is 0.887. The van der Waals surface area contributed by atoms with Crippen LogP contribution in [0, 0.1) is 0 Å². The van der Waals surface area contributed by atoms with Crippen molar-refractivity contribution in [2.24, 2.45) is 0 Å². The zero-order valence-corrected chi connectivity index (χ0v) is 21.9. The minimum atomic E-state index is 0.0304. The first-order valence-corrected chi connectivity index (χ1v) is 12.6. The van der Waals surface area contributed by atoms with Gasteiger partial charge in [-0.1, -0.05) is 54.6 Å². The monoisotopic (exact) mass is 483 g/mol. The Balaban J connectivity index is 1.70. The normalized spacial score (nSPS) is 14.9. The zero-order valence-electron chi connectivity index (χ0n) is 21.9. The molecule has 3 aromatic rings. The third kappa shape index (κ3) is 6.23. The maximum Gasteiger partial charge on any atom is 0.186 e. The Labute approximate surface area is 215 Å². The molecule has 5 heteroatoms. The molecular formula is C31H37N3O2. The molecule has 0 amide bonds. The van der Waals surface area contributed by atoms with Gasteiger partial charge in [0.2, 0.25) is 0 Å². The predicted octanol–water partition coefficient (Wildman–Crippen LogP) is 5.46. The van der Waals surface area contributed by atoms with Gasteiger partial charge in [0.05, 0.1) is 7.11 Å². The lowest BCUT2D eigenvalue weighted by molar-refractivity contribution is 0.104. The summed E-state index contributed by atoms with van der Waals surface area (Å²) >= 11 is 0. The summed E-state index contributed by atoms with van der Waals surface area (Å²) in [4.78, 5) is 20.2. The van der Waals surface area contributed by atoms with Crippen molar-refractivity contribution < 1.29 is 9.53 Å². The molecule has 0 radical (unpaired) electrons. The molecule has 1 heterocycles. The number of ether oxygens (including phenoxy) is 1. The van der Waals surface area contributed by atoms with Crippen molar-refractivity contribution in [3.8, 4) is 16.9 Å². The molecule has 4 rings (SSSR count). The first-order valence-electron chi connectivity index (χ1n) is 12.6. The Morgan fingerprint density at radius 1 is 0.972 bits per heavy atom. The molecule has 0 unspecified atom stereocenters. The van der Waals surface area contributed by atoms with Crippen molar-refractivity contribution in [1.29, 1.82) is 0 Å². The summed E-state index contributed by atoms with van der Waals surface area (Å²) < 4.78 is 5.63. The van der Waals surface area contributed by atoms with E-state index in [0.29, 0.717) is 0 Å². The van der Waals surface area contributed by atoms with Crippen LogP contribution in [0.4, 0.5) is 5.69 Å². The third-order valence-electron chi connectivity index (χ3n) is 6.69. The van der Waals surface area contributed by atoms with Crippen molar-refractivity contribution in [3.05, 3.63) is 89.5 Å². The molecule has 5 nitrogen and oxygen atoms in total. The molecule has 3 aromatic carbocycles. The van der Waals surface area contributed by atoms with E-state index in [1.807, 2.05) is 62.6 Å². The fourth-order valence-corrected chi connectivity index (χ4v) is 4.79. The molecule has 0 saturated carbocycles. The molecule has 1 aliphatic heterocycles. The van der Waals surface area contributed by atoms with E-state index >= 15 is 0 Å². The van der Waals surface area contributed by atoms with Gasteiger partial charge < -0.3 is 19.4 Å². The van der Waals surface area contributed by atoms with Crippen LogP contribution in [0.2, 0.25) is 0 Å². The highest BCUT2D eigenvalue weighted by molar-refractivity contribution is 6.08. The Morgan fingerprint density at radius 3 is 2.56 bits per heavy atom. The maximum absolute atomic E-state index is 13.2. The van der Waals surface area contributed by atoms with Gasteiger partial charge in [-0.25, -0.2) is 0 Å². The van der Waals surface area contributed by atoms with Gasteiger partial charge in [0.1, 0.15) is 5.75 Å². The van der Waals surface area contributed by atoms with Crippen molar-refractivity contribution in [3.63, 3.8) is 0 Å². The van der Waals surface area contributed by atoms with E-state index in [1.54, 1.807) is 13.2 Å². The molecule has 1 saturated heterocycles. The fourth-order valence-electron chi connectivity index (χ4n) is 4.79. The zero-order chi connectivity index (χ0) is 25.5. The number of hydrogen-bond acceptors (Lipinski definition) is 5. The largest absolute Gasteiger partial charge is 0.496 e. The van der Waals surface area contributed by atoms with Crippen molar-refractivity contribution in [2.45, 2.75) is 13.0 Å². The molecule has 1 aliphatic rings. The third-order valence-corrected chi connectivity index (χ3v) is 6.69. The number of carbonyl (C=O) groups excluding carboxylic acids is 1. The highest BCUT2D eigenvalue weighted by Gasteiger charge is 2.17. The molecule has 0 N–H and O–H groups in total. The number of carbonyl (C=O) groups is 1. The van der Waals surface area contributed by atoms with Crippen LogP contribution in [-0.4, -0.2) is 70.0 Å². The van der Waals surface area contributed by atoms with Crippen LogP contribution in [0.15, 0.2) is 72.8 Å². The lowest BCUT2D eigenvalue weighted by Gasteiger charge is -2.26. The van der Waals surface area contributed by atoms with E-state index in [9.17, 15) is 4.79 Å². The number of methoxy groups -OCH3 is 1. The van der Waals surface area contributed by atoms with E-state index in [0.717, 1.165) is 78.4 Å². The molecule has 0 atom stereocenters. The first-order chi connectivity index (χ1) is 17.5. The van der Waals surface area contributed by atoms with Crippen LogP contribution in [0.25, 0.3) is 17.2 Å². The summed E-state index contributed by atoms with van der Waals surface area (Å²) in [6.45, 7) is 4.77. The Morgan fingerprint density at radius 2 is 1.75 bits per heavy atom. The Bertz CT molecular complexity index is 1220. The molecule has 188 valence electrons. The number of nitrogens with zero attached hydrogens (tertiary/aromatic N) is 3. The second-order valence-corrected chi connectivity index (χ2v) is 9.71. The van der Waals surface area contributed by atoms with Crippen LogP contribution >= 0.6 is 0 Å². The number of allylic oxidation sites excluding steroid dienone is 1. The summed E-state index contributed by atoms with van der Waals surface area (Å²) in [6.07, 6.45) is 4.81. The van der Waals surface area contributed by atoms with E-state index in [1.165, 1.54) is 0 Å². The van der Waals surface area contributed by atoms with Crippen LogP contribution in [0.5, 0.6) is 5.75 Å². The smallest absolute Gasteiger partial charge is 0.186 e. The lowest BCUT2D eigenvalue weighted by atomic mass is 9.99. The second-order valence-electron chi connectivity index (χ2n) is 9.71. The molecular weight excluding hydrogens is 446 g/mol. The van der Waals surface area contributed by atoms with E-state index in [2.05, 4.69) is 46.0 Å². The summed E-state index contributed by atoms with van der Waals surface area (Å²) in [7, 11) is 7.93. The minimum Gasteiger partial charge on any atom is -0.496 e. The average Bonchev–Trinajstić information content (AvgIpc) is 3.11. The molecule has 36 heavy (non-hydrogen) atoms. The topological polar surface area (TPSA) is 36.0 Å². The van der Waals surface area contributed by atoms with Gasteiger partial charge >= 0.3 is 0 Å². The second kappa shape index (κ2) is 12.0. The standard InChI is InChI=1S/C31H37N3O2/c1-32(2)23-26-10-5-6-11-27(26)30(35)17-16-24-14-15-25(28-12-7-8-13-31(28)36-4)22-29(24)34-19-9-18-33(3)20-21-34/h5-8,10-17,22H,9,18-21,23H2,1-4H3. The van der Waals surface area contributed by atoms with Crippen LogP contribution < -0.4 is 9.64 Å². The molecule has 0 bridgehead atoms. The van der Waals surface area contributed by atoms with Gasteiger partial charge in [-0.05, 0) is 75.1 Å². The molecule has 0 aromatic heterocycles. The first kappa shape index (κ1) is 25.7. The highest BCUT2D eigenvalue weighted by Crippen LogP contribution is 2.34. The number of likely N-dealkylation sites (N-methyl/N-ethyl adjacent to an activating group) is 1. The van der Waals surface area contributed by atoms with Gasteiger partial charge in [0.15, 0.2) is 5.78 Å². The van der Waals surface area contributed by atoms with Gasteiger partial charge in [-0.15, -0.1) is 0 Å². The molecule has 1 fully saturated rings. The number of ketones is 1. The van der Waals surface area contributed by atoms with E-state index in [-0.39, 0.29) is 5.78 Å². The quantitative estimate of drug-likeness (QED) is 0.314. The summed E-state index contributed by atoms with van der Waals surface area (Å²) in [6, 6.07) is 22.5.